The molecule has 4 aromatic carbocycles. The van der Waals surface area contributed by atoms with Crippen LogP contribution in [0.4, 0.5) is 0 Å². The summed E-state index contributed by atoms with van der Waals surface area (Å²) in [5.74, 6) is 0.428. The van der Waals surface area contributed by atoms with Gasteiger partial charge < -0.3 is 4.90 Å². The van der Waals surface area contributed by atoms with E-state index >= 15 is 0 Å². The van der Waals surface area contributed by atoms with Crippen molar-refractivity contribution in [1.29, 1.82) is 0 Å². The molecule has 36 heavy (non-hydrogen) atoms. The topological polar surface area (TPSA) is 15.6 Å². The van der Waals surface area contributed by atoms with E-state index < -0.39 is 0 Å². The van der Waals surface area contributed by atoms with Crippen LogP contribution in [0.15, 0.2) is 108 Å². The molecule has 0 bridgehead atoms. The van der Waals surface area contributed by atoms with E-state index in [1.165, 1.54) is 44.5 Å². The summed E-state index contributed by atoms with van der Waals surface area (Å²) in [4.78, 5) is 7.31. The van der Waals surface area contributed by atoms with Crippen molar-refractivity contribution in [2.75, 3.05) is 7.05 Å². The molecule has 0 saturated carbocycles. The molecule has 0 amide bonds. The Balaban J connectivity index is 1.59. The Kier molecular flexibility index (Phi) is 6.86. The first-order valence-electron chi connectivity index (χ1n) is 12.8. The summed E-state index contributed by atoms with van der Waals surface area (Å²) in [5.41, 5.74) is 11.4. The maximum absolute atomic E-state index is 4.83. The van der Waals surface area contributed by atoms with Gasteiger partial charge in [0.25, 0.3) is 0 Å². The molecule has 1 aliphatic rings. The van der Waals surface area contributed by atoms with Gasteiger partial charge in [0.05, 0.1) is 11.8 Å². The highest BCUT2D eigenvalue weighted by Crippen LogP contribution is 2.38. The molecule has 0 radical (unpaired) electrons. The third-order valence-corrected chi connectivity index (χ3v) is 7.24. The van der Waals surface area contributed by atoms with Crippen molar-refractivity contribution in [3.63, 3.8) is 0 Å². The van der Waals surface area contributed by atoms with Crippen LogP contribution in [-0.2, 0) is 6.54 Å². The van der Waals surface area contributed by atoms with Gasteiger partial charge in [0.2, 0.25) is 0 Å². The highest BCUT2D eigenvalue weighted by Gasteiger charge is 2.27. The fourth-order valence-electron chi connectivity index (χ4n) is 5.42. The number of hydrogen-bond acceptors (Lipinski definition) is 2. The molecule has 0 N–H and O–H groups in total. The Bertz CT molecular complexity index is 1430. The number of nitrogens with zero attached hydrogens (tertiary/aromatic N) is 2. The molecule has 0 spiro atoms. The van der Waals surface area contributed by atoms with Gasteiger partial charge in [0, 0.05) is 30.9 Å². The summed E-state index contributed by atoms with van der Waals surface area (Å²) >= 11 is 0. The second-order valence-corrected chi connectivity index (χ2v) is 9.85. The molecule has 1 atom stereocenters. The Morgan fingerprint density at radius 2 is 1.42 bits per heavy atom. The smallest absolute Gasteiger partial charge is 0.0802 e. The normalized spacial score (nSPS) is 15.3. The summed E-state index contributed by atoms with van der Waals surface area (Å²) in [6.07, 6.45) is 4.51. The fraction of sp³-hybridized carbons (Fsp3) is 0.206. The third-order valence-electron chi connectivity index (χ3n) is 7.24. The third kappa shape index (κ3) is 4.52. The number of hydrogen-bond donors (Lipinski definition) is 0. The maximum Gasteiger partial charge on any atom is 0.0802 e. The summed E-state index contributed by atoms with van der Waals surface area (Å²) in [5, 5.41) is 0. The summed E-state index contributed by atoms with van der Waals surface area (Å²) in [6, 6.07) is 35.1. The van der Waals surface area contributed by atoms with Crippen LogP contribution in [0.1, 0.15) is 70.3 Å². The largest absolute Gasteiger partial charge is 0.362 e. The van der Waals surface area contributed by atoms with Crippen molar-refractivity contribution in [3.05, 3.63) is 148 Å². The molecular formula is C34H34N2. The minimum Gasteiger partial charge on any atom is -0.362 e. The lowest BCUT2D eigenvalue weighted by atomic mass is 9.87. The molecular weight excluding hydrogens is 436 g/mol. The van der Waals surface area contributed by atoms with Gasteiger partial charge in [0.15, 0.2) is 0 Å². The van der Waals surface area contributed by atoms with E-state index in [1.54, 1.807) is 0 Å². The predicted octanol–water partition coefficient (Wildman–Crippen LogP) is 8.16. The lowest BCUT2D eigenvalue weighted by Crippen LogP contribution is -2.28. The quantitative estimate of drug-likeness (QED) is 0.260. The molecule has 0 aliphatic carbocycles. The van der Waals surface area contributed by atoms with E-state index in [0.29, 0.717) is 5.92 Å². The van der Waals surface area contributed by atoms with Gasteiger partial charge in [-0.1, -0.05) is 111 Å². The Morgan fingerprint density at radius 1 is 0.778 bits per heavy atom. The molecule has 2 nitrogen and oxygen atoms in total. The van der Waals surface area contributed by atoms with E-state index in [1.807, 2.05) is 7.05 Å². The van der Waals surface area contributed by atoms with E-state index in [0.717, 1.165) is 12.3 Å². The summed E-state index contributed by atoms with van der Waals surface area (Å²) in [7, 11) is 1.91. The van der Waals surface area contributed by atoms with Crippen molar-refractivity contribution in [2.24, 2.45) is 4.99 Å². The number of rotatable bonds is 6. The zero-order chi connectivity index (χ0) is 25.1. The molecule has 4 aromatic rings. The monoisotopic (exact) mass is 470 g/mol. The van der Waals surface area contributed by atoms with Crippen molar-refractivity contribution < 1.29 is 0 Å². The van der Waals surface area contributed by atoms with Crippen molar-refractivity contribution >= 4 is 11.8 Å². The minimum absolute atomic E-state index is 0.158. The van der Waals surface area contributed by atoms with Crippen LogP contribution >= 0.6 is 0 Å². The first-order chi connectivity index (χ1) is 17.6. The molecule has 5 rings (SSSR count). The molecule has 2 heteroatoms. The number of benzene rings is 4. The molecule has 180 valence electrons. The summed E-state index contributed by atoms with van der Waals surface area (Å²) in [6.45, 7) is 7.51. The van der Waals surface area contributed by atoms with E-state index in [-0.39, 0.29) is 6.04 Å². The minimum atomic E-state index is 0.158. The fourth-order valence-corrected chi connectivity index (χ4v) is 5.42. The second-order valence-electron chi connectivity index (χ2n) is 9.85. The molecule has 1 aliphatic heterocycles. The highest BCUT2D eigenvalue weighted by molar-refractivity contribution is 6.14. The lowest BCUT2D eigenvalue weighted by Gasteiger charge is -2.36. The van der Waals surface area contributed by atoms with Gasteiger partial charge >= 0.3 is 0 Å². The standard InChI is InChI=1S/C34H34N2/c1-24(2)28-16-11-12-20-32(28)33(35-4)30-18-9-7-15-27(30)23-36-22-21-26-14-6-10-19-31(26)34(36)29-17-8-5-13-25(29)3/h5-22,24,34H,23H2,1-4H3. The van der Waals surface area contributed by atoms with Crippen molar-refractivity contribution in [3.8, 4) is 0 Å². The second kappa shape index (κ2) is 10.4. The highest BCUT2D eigenvalue weighted by atomic mass is 15.1. The molecule has 0 aromatic heterocycles. The van der Waals surface area contributed by atoms with Crippen LogP contribution in [-0.4, -0.2) is 17.7 Å². The molecule has 1 heterocycles. The zero-order valence-corrected chi connectivity index (χ0v) is 21.6. The Labute approximate surface area is 215 Å². The van der Waals surface area contributed by atoms with Gasteiger partial charge in [0.1, 0.15) is 0 Å². The number of aliphatic imine (C=N–C) groups is 1. The molecule has 0 fully saturated rings. The average Bonchev–Trinajstić information content (AvgIpc) is 2.91. The number of fused-ring (bicyclic) bond motifs is 1. The molecule has 0 saturated heterocycles. The van der Waals surface area contributed by atoms with Gasteiger partial charge in [-0.05, 0) is 52.3 Å². The SMILES string of the molecule is CN=C(c1ccccc1CN1C=Cc2ccccc2C1c1ccccc1C)c1ccccc1C(C)C. The van der Waals surface area contributed by atoms with E-state index in [9.17, 15) is 0 Å². The zero-order valence-electron chi connectivity index (χ0n) is 21.6. The van der Waals surface area contributed by atoms with Crippen LogP contribution in [0.3, 0.4) is 0 Å². The Morgan fingerprint density at radius 3 is 2.17 bits per heavy atom. The van der Waals surface area contributed by atoms with Crippen molar-refractivity contribution in [1.82, 2.24) is 4.90 Å². The van der Waals surface area contributed by atoms with E-state index in [4.69, 9.17) is 4.99 Å². The van der Waals surface area contributed by atoms with Gasteiger partial charge in [-0.2, -0.15) is 0 Å². The van der Waals surface area contributed by atoms with Crippen LogP contribution < -0.4 is 0 Å². The van der Waals surface area contributed by atoms with Gasteiger partial charge in [-0.3, -0.25) is 4.99 Å². The van der Waals surface area contributed by atoms with E-state index in [2.05, 4.69) is 135 Å². The van der Waals surface area contributed by atoms with Crippen LogP contribution in [0.25, 0.3) is 6.08 Å². The summed E-state index contributed by atoms with van der Waals surface area (Å²) < 4.78 is 0. The first kappa shape index (κ1) is 23.8. The van der Waals surface area contributed by atoms with Crippen molar-refractivity contribution in [2.45, 2.75) is 39.3 Å². The van der Waals surface area contributed by atoms with Gasteiger partial charge in [-0.25, -0.2) is 0 Å². The first-order valence-corrected chi connectivity index (χ1v) is 12.8. The Hall–Kier alpha value is -3.91. The lowest BCUT2D eigenvalue weighted by molar-refractivity contribution is 0.306. The van der Waals surface area contributed by atoms with Crippen LogP contribution in [0.2, 0.25) is 0 Å². The maximum atomic E-state index is 4.83. The predicted molar refractivity (Wildman–Crippen MR) is 153 cm³/mol. The van der Waals surface area contributed by atoms with Crippen LogP contribution in [0, 0.1) is 6.92 Å². The molecule has 1 unspecified atom stereocenters. The average molecular weight is 471 g/mol. The van der Waals surface area contributed by atoms with Crippen LogP contribution in [0.5, 0.6) is 0 Å². The van der Waals surface area contributed by atoms with Gasteiger partial charge in [-0.15, -0.1) is 0 Å². The number of aryl methyl sites for hydroxylation is 1.